The molecule has 0 saturated heterocycles. The van der Waals surface area contributed by atoms with Crippen molar-refractivity contribution in [3.63, 3.8) is 0 Å². The Bertz CT molecular complexity index is 3290. The molecule has 0 unspecified atom stereocenters. The fourth-order valence-corrected chi connectivity index (χ4v) is 8.80. The first-order chi connectivity index (χ1) is 27.6. The molecule has 0 amide bonds. The molecule has 9 aromatic rings. The van der Waals surface area contributed by atoms with Gasteiger partial charge in [-0.25, -0.2) is 0 Å². The summed E-state index contributed by atoms with van der Waals surface area (Å²) < 4.78 is 31.0. The van der Waals surface area contributed by atoms with Crippen LogP contribution < -0.4 is 0 Å². The Kier molecular flexibility index (Phi) is 61.2. The molecule has 0 fully saturated rings. The van der Waals surface area contributed by atoms with Crippen LogP contribution in [-0.4, -0.2) is 26.3 Å². The van der Waals surface area contributed by atoms with Crippen molar-refractivity contribution in [1.82, 2.24) is 0 Å². The summed E-state index contributed by atoms with van der Waals surface area (Å²) in [6.45, 7) is 0. The molecule has 0 heterocycles. The van der Waals surface area contributed by atoms with Gasteiger partial charge in [0, 0.05) is 501 Å². The van der Waals surface area contributed by atoms with E-state index in [1.54, 1.807) is 13.4 Å². The monoisotopic (exact) mass is 2130 g/mol. The fraction of sp³-hybridized carbons (Fsp3) is 0.0400. The summed E-state index contributed by atoms with van der Waals surface area (Å²) in [7, 11) is -2.02. The molecule has 1 N–H and O–H groups in total. The Morgan fingerprint density at radius 2 is 0.847 bits per heavy atom. The maximum absolute atomic E-state index is 9.19. The summed E-state index contributed by atoms with van der Waals surface area (Å²) in [6, 6.07) is 54.1. The molecule has 0 aromatic heterocycles. The summed E-state index contributed by atoms with van der Waals surface area (Å²) in [4.78, 5) is 0. The van der Waals surface area contributed by atoms with Gasteiger partial charge in [0.15, 0.2) is 0 Å². The Morgan fingerprint density at radius 3 is 1.39 bits per heavy atom. The van der Waals surface area contributed by atoms with E-state index in [2.05, 4.69) is 127 Å². The maximum Gasteiger partial charge on any atom is 0.261 e. The van der Waals surface area contributed by atoms with E-state index in [0.29, 0.717) is 11.3 Å². The normalized spacial score (nSPS) is 9.51. The van der Waals surface area contributed by atoms with E-state index in [9.17, 15) is 8.42 Å². The maximum atomic E-state index is 9.19. The second kappa shape index (κ2) is 45.8. The zero-order chi connectivity index (χ0) is 39.4. The van der Waals surface area contributed by atoms with Gasteiger partial charge in [0.1, 0.15) is 0 Å². The Balaban J connectivity index is -0.000000180. The first-order valence-electron chi connectivity index (χ1n) is 18.3. The van der Waals surface area contributed by atoms with Gasteiger partial charge in [-0.3, -0.25) is 4.55 Å². The van der Waals surface area contributed by atoms with Crippen LogP contribution >= 0.6 is 23.2 Å². The second-order valence-electron chi connectivity index (χ2n) is 14.2. The predicted octanol–water partition coefficient (Wildman–Crippen LogP) is 14.3. The topological polar surface area (TPSA) is 63.6 Å². The molecule has 72 heavy (non-hydrogen) atoms. The summed E-state index contributed by atoms with van der Waals surface area (Å²) in [6.07, 6.45) is 4.35. The van der Waals surface area contributed by atoms with E-state index < -0.39 is 10.1 Å². The van der Waals surface area contributed by atoms with Crippen molar-refractivity contribution in [2.75, 3.05) is 13.4 Å². The standard InChI is InChI=1S/C25H17ClO.C24H13Cl.CH4O3S.15Y/c1-27-12-11-16-14-19(26)9-10-20(16)18-13-17-5-4-8-23-21-6-2-3-7-22(21)24(15-18)25(17)23;25-15-9-11-16-14(12-15)8-10-19-21-7-3-6-20-17-4-1-2-5-18(17)23(24(20)21)13-22(16)19;1-5(2,3)4;;;;;;;;;;;;;;;/h2-15H,1H3;1-13H;1H3,(H,2,3,4);;;;;;;;;;;;;;;/b12-11+;;;;;;;;;;;;;;;;;. The van der Waals surface area contributed by atoms with E-state index in [-0.39, 0.29) is 491 Å². The molecule has 4 nitrogen and oxygen atoms in total. The molecule has 15 radical (unpaired) electrons. The number of ether oxygens (including phenoxy) is 1. The van der Waals surface area contributed by atoms with Crippen molar-refractivity contribution in [2.24, 2.45) is 0 Å². The van der Waals surface area contributed by atoms with Crippen LogP contribution in [0.15, 0.2) is 158 Å². The van der Waals surface area contributed by atoms with Crippen molar-refractivity contribution in [1.29, 1.82) is 0 Å². The second-order valence-corrected chi connectivity index (χ2v) is 16.5. The van der Waals surface area contributed by atoms with Gasteiger partial charge in [0.25, 0.3) is 10.1 Å². The number of benzene rings is 9. The van der Waals surface area contributed by atoms with Crippen molar-refractivity contribution in [3.8, 4) is 55.6 Å². The third-order valence-electron chi connectivity index (χ3n) is 10.6. The summed E-state index contributed by atoms with van der Waals surface area (Å²) in [5.74, 6) is 0. The Hall–Kier alpha value is 10.6. The van der Waals surface area contributed by atoms with Crippen LogP contribution in [0.5, 0.6) is 0 Å². The summed E-state index contributed by atoms with van der Waals surface area (Å²) >= 11 is 12.4. The Labute approximate surface area is 811 Å². The molecule has 0 atom stereocenters. The van der Waals surface area contributed by atoms with Gasteiger partial charge in [-0.15, -0.1) is 0 Å². The minimum Gasteiger partial charge on any atom is -0.504 e. The van der Waals surface area contributed by atoms with Gasteiger partial charge in [0.2, 0.25) is 0 Å². The van der Waals surface area contributed by atoms with Crippen LogP contribution in [0.2, 0.25) is 10.0 Å². The number of fused-ring (bicyclic) bond motifs is 10. The predicted molar refractivity (Wildman–Crippen MR) is 241 cm³/mol. The van der Waals surface area contributed by atoms with Crippen LogP contribution in [0, 0.1) is 0 Å². The zero-order valence-electron chi connectivity index (χ0n) is 39.6. The number of methoxy groups -OCH3 is 1. The van der Waals surface area contributed by atoms with E-state index >= 15 is 0 Å². The molecule has 22 heteroatoms. The molecule has 0 aliphatic heterocycles. The van der Waals surface area contributed by atoms with Gasteiger partial charge in [-0.1, -0.05) is 132 Å². The smallest absolute Gasteiger partial charge is 0.261 e. The molecule has 323 valence electrons. The molecule has 2 aliphatic rings. The molecular formula is C50H34Cl2O4SY15. The van der Waals surface area contributed by atoms with Crippen molar-refractivity contribution in [2.45, 2.75) is 0 Å². The molecule has 9 aromatic carbocycles. The van der Waals surface area contributed by atoms with E-state index in [1.807, 2.05) is 30.3 Å². The number of halogens is 2. The number of hydrogen-bond donors (Lipinski definition) is 1. The number of hydrogen-bond acceptors (Lipinski definition) is 3. The summed E-state index contributed by atoms with van der Waals surface area (Å²) in [5.41, 5.74) is 14.0. The van der Waals surface area contributed by atoms with Gasteiger partial charge in [-0.2, -0.15) is 8.42 Å². The zero-order valence-corrected chi connectivity index (χ0v) is 84.5. The SMILES string of the molecule is CO/C=C/c1cc(Cl)ccc1-c1cc2c3c(cccc3c1)-c1ccccc1-2.CS(=O)(=O)O.Clc1ccc2c(ccc3c4cccc5c4c(cc23)-c2ccccc2-5)c1.[Y].[Y].[Y].[Y].[Y].[Y].[Y].[Y].[Y].[Y].[Y].[Y].[Y].[Y].[Y]. The average Bonchev–Trinajstić information content (AvgIpc) is 3.70. The first-order valence-corrected chi connectivity index (χ1v) is 20.9. The van der Waals surface area contributed by atoms with Gasteiger partial charge in [-0.05, 0) is 153 Å². The van der Waals surface area contributed by atoms with Gasteiger partial charge in [0.05, 0.1) is 19.6 Å². The fourth-order valence-electron chi connectivity index (χ4n) is 8.44. The third-order valence-corrected chi connectivity index (χ3v) is 11.1. The quantitative estimate of drug-likeness (QED) is 0.109. The number of rotatable bonds is 3. The molecule has 0 bridgehead atoms. The van der Waals surface area contributed by atoms with E-state index in [4.69, 9.17) is 32.5 Å². The Morgan fingerprint density at radius 1 is 0.403 bits per heavy atom. The van der Waals surface area contributed by atoms with E-state index in [0.717, 1.165) is 16.1 Å². The molecular weight excluding hydrogens is 2100 g/mol. The van der Waals surface area contributed by atoms with Crippen LogP contribution in [-0.2, 0) is 505 Å². The average molecular weight is 2140 g/mol. The molecule has 0 saturated carbocycles. The minimum atomic E-state index is -3.67. The van der Waals surface area contributed by atoms with E-state index in [1.165, 1.54) is 93.2 Å². The van der Waals surface area contributed by atoms with Crippen LogP contribution in [0.1, 0.15) is 5.56 Å². The van der Waals surface area contributed by atoms with Crippen molar-refractivity contribution >= 4 is 82.5 Å². The first kappa shape index (κ1) is 96.2. The molecule has 11 rings (SSSR count). The van der Waals surface area contributed by atoms with Crippen LogP contribution in [0.3, 0.4) is 0 Å². The van der Waals surface area contributed by atoms with Crippen LogP contribution in [0.25, 0.3) is 105 Å². The minimum absolute atomic E-state index is 0. The third kappa shape index (κ3) is 23.4. The van der Waals surface area contributed by atoms with Crippen LogP contribution in [0.4, 0.5) is 0 Å². The van der Waals surface area contributed by atoms with Gasteiger partial charge >= 0.3 is 0 Å². The van der Waals surface area contributed by atoms with Crippen molar-refractivity contribution < 1.29 is 508 Å². The van der Waals surface area contributed by atoms with Gasteiger partial charge < -0.3 is 4.74 Å². The summed E-state index contributed by atoms with van der Waals surface area (Å²) in [5, 5.41) is 11.9. The largest absolute Gasteiger partial charge is 0.504 e. The van der Waals surface area contributed by atoms with Crippen molar-refractivity contribution in [3.05, 3.63) is 174 Å². The molecule has 2 aliphatic carbocycles. The molecule has 0 spiro atoms.